The van der Waals surface area contributed by atoms with Crippen LogP contribution in [0.3, 0.4) is 0 Å². The van der Waals surface area contributed by atoms with Crippen LogP contribution in [0.5, 0.6) is 0 Å². The number of allylic oxidation sites excluding steroid dienone is 2. The van der Waals surface area contributed by atoms with Crippen molar-refractivity contribution in [3.63, 3.8) is 0 Å². The normalized spacial score (nSPS) is 46.0. The summed E-state index contributed by atoms with van der Waals surface area (Å²) in [5, 5.41) is 0. The molecule has 0 aromatic rings. The highest BCUT2D eigenvalue weighted by Gasteiger charge is 2.60. The maximum atomic E-state index is 12.0. The van der Waals surface area contributed by atoms with Crippen LogP contribution in [-0.2, 0) is 14.3 Å². The Kier molecular flexibility index (Phi) is 3.79. The van der Waals surface area contributed by atoms with Gasteiger partial charge in [-0.2, -0.15) is 0 Å². The number of ketones is 1. The second-order valence-electron chi connectivity index (χ2n) is 9.35. The van der Waals surface area contributed by atoms with E-state index >= 15 is 0 Å². The highest BCUT2D eigenvalue weighted by molar-refractivity contribution is 5.92. The molecule has 136 valence electrons. The minimum atomic E-state index is -0.148. The van der Waals surface area contributed by atoms with Gasteiger partial charge in [0.25, 0.3) is 0 Å². The fourth-order valence-corrected chi connectivity index (χ4v) is 6.91. The molecule has 0 spiro atoms. The quantitative estimate of drug-likeness (QED) is 0.653. The first-order chi connectivity index (χ1) is 11.8. The number of hydrogen-bond donors (Lipinski definition) is 0. The summed E-state index contributed by atoms with van der Waals surface area (Å²) in [7, 11) is 0. The van der Waals surface area contributed by atoms with Crippen molar-refractivity contribution < 1.29 is 14.3 Å². The van der Waals surface area contributed by atoms with Gasteiger partial charge < -0.3 is 4.74 Å². The van der Waals surface area contributed by atoms with Crippen molar-refractivity contribution in [1.82, 2.24) is 0 Å². The Morgan fingerprint density at radius 1 is 1.20 bits per heavy atom. The maximum Gasteiger partial charge on any atom is 0.302 e. The lowest BCUT2D eigenvalue weighted by molar-refractivity contribution is -0.156. The number of fused-ring (bicyclic) bond motifs is 5. The SMILES string of the molecule is C=C1C[C@H]2[C@@H]3CC[C@@H](OC(C)=O)[C@@]3(C)CC[C@@H]2[C@@]2(C)CCC(=O)C=C12. The molecule has 25 heavy (non-hydrogen) atoms. The largest absolute Gasteiger partial charge is 0.462 e. The van der Waals surface area contributed by atoms with E-state index in [1.165, 1.54) is 24.5 Å². The second-order valence-corrected chi connectivity index (χ2v) is 9.35. The van der Waals surface area contributed by atoms with E-state index in [-0.39, 0.29) is 28.7 Å². The molecule has 3 saturated carbocycles. The molecule has 0 aromatic carbocycles. The van der Waals surface area contributed by atoms with Crippen molar-refractivity contribution in [2.45, 2.75) is 71.8 Å². The van der Waals surface area contributed by atoms with Crippen molar-refractivity contribution in [2.75, 3.05) is 0 Å². The molecule has 4 aliphatic carbocycles. The van der Waals surface area contributed by atoms with E-state index in [1.54, 1.807) is 0 Å². The molecule has 6 atom stereocenters. The molecule has 4 rings (SSSR count). The van der Waals surface area contributed by atoms with Gasteiger partial charge in [0, 0.05) is 18.8 Å². The first-order valence-electron chi connectivity index (χ1n) is 9.86. The predicted molar refractivity (Wildman–Crippen MR) is 96.8 cm³/mol. The number of hydrogen-bond acceptors (Lipinski definition) is 3. The summed E-state index contributed by atoms with van der Waals surface area (Å²) in [5.41, 5.74) is 2.63. The standard InChI is InChI=1S/C22H30O3/c1-13-11-16-17-5-6-20(25-14(2)23)22(17,4)10-8-18(16)21(3)9-7-15(24)12-19(13)21/h12,16-18,20H,1,5-11H2,2-4H3/t16-,17-,18-,20+,21+,22-/m0/s1. The van der Waals surface area contributed by atoms with Gasteiger partial charge in [0.2, 0.25) is 0 Å². The van der Waals surface area contributed by atoms with Gasteiger partial charge in [0.1, 0.15) is 6.10 Å². The van der Waals surface area contributed by atoms with Crippen LogP contribution in [-0.4, -0.2) is 17.9 Å². The summed E-state index contributed by atoms with van der Waals surface area (Å²) >= 11 is 0. The third-order valence-corrected chi connectivity index (χ3v) is 8.15. The molecule has 0 heterocycles. The van der Waals surface area contributed by atoms with Gasteiger partial charge in [-0.15, -0.1) is 0 Å². The second kappa shape index (κ2) is 5.56. The van der Waals surface area contributed by atoms with E-state index in [4.69, 9.17) is 4.74 Å². The minimum absolute atomic E-state index is 0.0712. The zero-order chi connectivity index (χ0) is 18.0. The molecule has 0 radical (unpaired) electrons. The van der Waals surface area contributed by atoms with Gasteiger partial charge in [-0.25, -0.2) is 0 Å². The van der Waals surface area contributed by atoms with E-state index in [1.807, 2.05) is 6.08 Å². The van der Waals surface area contributed by atoms with Gasteiger partial charge in [0.05, 0.1) is 0 Å². The van der Waals surface area contributed by atoms with Crippen molar-refractivity contribution in [2.24, 2.45) is 28.6 Å². The average molecular weight is 342 g/mol. The van der Waals surface area contributed by atoms with Crippen LogP contribution in [0.25, 0.3) is 0 Å². The molecule has 0 N–H and O–H groups in total. The zero-order valence-corrected chi connectivity index (χ0v) is 15.8. The molecule has 0 amide bonds. The molecule has 4 aliphatic rings. The van der Waals surface area contributed by atoms with E-state index in [2.05, 4.69) is 20.4 Å². The minimum Gasteiger partial charge on any atom is -0.462 e. The Morgan fingerprint density at radius 2 is 1.96 bits per heavy atom. The molecule has 0 aliphatic heterocycles. The van der Waals surface area contributed by atoms with Gasteiger partial charge in [0.15, 0.2) is 5.78 Å². The monoisotopic (exact) mass is 342 g/mol. The Labute approximate surface area is 150 Å². The number of carbonyl (C=O) groups is 2. The zero-order valence-electron chi connectivity index (χ0n) is 15.8. The van der Waals surface area contributed by atoms with E-state index < -0.39 is 0 Å². The predicted octanol–water partition coefficient (Wildman–Crippen LogP) is 4.62. The molecular formula is C22H30O3. The Morgan fingerprint density at radius 3 is 2.68 bits per heavy atom. The van der Waals surface area contributed by atoms with E-state index in [0.717, 1.165) is 32.1 Å². The Balaban J connectivity index is 1.67. The first kappa shape index (κ1) is 17.1. The molecule has 0 bridgehead atoms. The van der Waals surface area contributed by atoms with Crippen LogP contribution in [0.1, 0.15) is 65.7 Å². The highest BCUT2D eigenvalue weighted by atomic mass is 16.5. The smallest absolute Gasteiger partial charge is 0.302 e. The lowest BCUT2D eigenvalue weighted by atomic mass is 9.46. The van der Waals surface area contributed by atoms with Crippen molar-refractivity contribution in [3.05, 3.63) is 23.8 Å². The summed E-state index contributed by atoms with van der Waals surface area (Å²) in [5.74, 6) is 1.96. The lowest BCUT2D eigenvalue weighted by Crippen LogP contribution is -2.52. The van der Waals surface area contributed by atoms with Gasteiger partial charge >= 0.3 is 5.97 Å². The van der Waals surface area contributed by atoms with Crippen LogP contribution >= 0.6 is 0 Å². The third-order valence-electron chi connectivity index (χ3n) is 8.15. The maximum absolute atomic E-state index is 12.0. The van der Waals surface area contributed by atoms with Gasteiger partial charge in [-0.05, 0) is 73.3 Å². The number of esters is 1. The van der Waals surface area contributed by atoms with Crippen molar-refractivity contribution >= 4 is 11.8 Å². The Hall–Kier alpha value is -1.38. The van der Waals surface area contributed by atoms with Crippen LogP contribution in [0.15, 0.2) is 23.8 Å². The fraction of sp³-hybridized carbons (Fsp3) is 0.727. The topological polar surface area (TPSA) is 43.4 Å². The molecule has 3 fully saturated rings. The van der Waals surface area contributed by atoms with Crippen LogP contribution in [0, 0.1) is 28.6 Å². The molecule has 3 heteroatoms. The average Bonchev–Trinajstić information content (AvgIpc) is 2.86. The first-order valence-corrected chi connectivity index (χ1v) is 9.86. The number of rotatable bonds is 1. The van der Waals surface area contributed by atoms with Gasteiger partial charge in [-0.1, -0.05) is 26.0 Å². The Bertz CT molecular complexity index is 675. The fourth-order valence-electron chi connectivity index (χ4n) is 6.91. The highest BCUT2D eigenvalue weighted by Crippen LogP contribution is 2.66. The van der Waals surface area contributed by atoms with E-state index in [0.29, 0.717) is 24.2 Å². The van der Waals surface area contributed by atoms with Crippen LogP contribution in [0.2, 0.25) is 0 Å². The van der Waals surface area contributed by atoms with E-state index in [9.17, 15) is 9.59 Å². The molecule has 0 unspecified atom stereocenters. The molecule has 0 saturated heterocycles. The van der Waals surface area contributed by atoms with Crippen LogP contribution < -0.4 is 0 Å². The summed E-state index contributed by atoms with van der Waals surface area (Å²) < 4.78 is 5.72. The van der Waals surface area contributed by atoms with Crippen molar-refractivity contribution in [3.8, 4) is 0 Å². The summed E-state index contributed by atoms with van der Waals surface area (Å²) in [6.07, 6.45) is 9.06. The summed E-state index contributed by atoms with van der Waals surface area (Å²) in [4.78, 5) is 23.5. The summed E-state index contributed by atoms with van der Waals surface area (Å²) in [6.45, 7) is 10.6. The molecular weight excluding hydrogens is 312 g/mol. The van der Waals surface area contributed by atoms with Gasteiger partial charge in [-0.3, -0.25) is 9.59 Å². The third kappa shape index (κ3) is 2.38. The molecule has 3 nitrogen and oxygen atoms in total. The molecule has 0 aromatic heterocycles. The lowest BCUT2D eigenvalue weighted by Gasteiger charge is -2.58. The number of ether oxygens (including phenoxy) is 1. The summed E-state index contributed by atoms with van der Waals surface area (Å²) in [6, 6.07) is 0. The number of carbonyl (C=O) groups excluding carboxylic acids is 2. The van der Waals surface area contributed by atoms with Crippen molar-refractivity contribution in [1.29, 1.82) is 0 Å². The van der Waals surface area contributed by atoms with Crippen LogP contribution in [0.4, 0.5) is 0 Å².